The number of rotatable bonds is 8. The summed E-state index contributed by atoms with van der Waals surface area (Å²) in [6, 6.07) is 12.8. The second kappa shape index (κ2) is 8.64. The average molecular weight is 372 g/mol. The number of fused-ring (bicyclic) bond motifs is 1. The maximum atomic E-state index is 12.6. The van der Waals surface area contributed by atoms with Crippen LogP contribution in [0, 0.1) is 0 Å². The van der Waals surface area contributed by atoms with Gasteiger partial charge in [0.2, 0.25) is 0 Å². The number of ether oxygens (including phenoxy) is 3. The van der Waals surface area contributed by atoms with Gasteiger partial charge in [-0.1, -0.05) is 23.5 Å². The topological polar surface area (TPSA) is 69.7 Å². The van der Waals surface area contributed by atoms with Crippen molar-refractivity contribution < 1.29 is 19.0 Å². The van der Waals surface area contributed by atoms with Crippen molar-refractivity contribution in [2.24, 2.45) is 0 Å². The van der Waals surface area contributed by atoms with E-state index in [1.54, 1.807) is 25.3 Å². The molecule has 1 N–H and O–H groups in total. The smallest absolute Gasteiger partial charge is 0.261 e. The predicted octanol–water partition coefficient (Wildman–Crippen LogP) is 3.97. The Morgan fingerprint density at radius 3 is 2.81 bits per heavy atom. The number of hydrogen-bond acceptors (Lipinski definition) is 6. The number of carbonyl (C=O) groups is 1. The molecule has 6 nitrogen and oxygen atoms in total. The van der Waals surface area contributed by atoms with Gasteiger partial charge < -0.3 is 14.2 Å². The number of anilines is 1. The van der Waals surface area contributed by atoms with Crippen molar-refractivity contribution in [1.29, 1.82) is 0 Å². The third kappa shape index (κ3) is 4.30. The highest BCUT2D eigenvalue weighted by atomic mass is 32.1. The van der Waals surface area contributed by atoms with Crippen LogP contribution in [0.2, 0.25) is 0 Å². The molecule has 1 amide bonds. The highest BCUT2D eigenvalue weighted by molar-refractivity contribution is 7.22. The van der Waals surface area contributed by atoms with Crippen molar-refractivity contribution in [2.75, 3.05) is 32.2 Å². The lowest BCUT2D eigenvalue weighted by atomic mass is 10.2. The first kappa shape index (κ1) is 18.2. The highest BCUT2D eigenvalue weighted by Crippen LogP contribution is 2.30. The van der Waals surface area contributed by atoms with Gasteiger partial charge in [0.25, 0.3) is 5.91 Å². The van der Waals surface area contributed by atoms with Crippen molar-refractivity contribution >= 4 is 32.6 Å². The van der Waals surface area contributed by atoms with Crippen LogP contribution in [-0.4, -0.2) is 37.8 Å². The first-order valence-corrected chi connectivity index (χ1v) is 9.08. The lowest BCUT2D eigenvalue weighted by molar-refractivity contribution is 0.101. The van der Waals surface area contributed by atoms with Gasteiger partial charge >= 0.3 is 0 Å². The zero-order valence-corrected chi connectivity index (χ0v) is 15.5. The van der Waals surface area contributed by atoms with Gasteiger partial charge in [-0.05, 0) is 37.3 Å². The molecular formula is C19H20N2O4S. The number of carbonyl (C=O) groups excluding carboxylic acids is 1. The summed E-state index contributed by atoms with van der Waals surface area (Å²) in [5.41, 5.74) is 1.27. The predicted molar refractivity (Wildman–Crippen MR) is 103 cm³/mol. The number of amides is 1. The quantitative estimate of drug-likeness (QED) is 0.606. The molecule has 0 saturated heterocycles. The number of methoxy groups -OCH3 is 1. The van der Waals surface area contributed by atoms with Gasteiger partial charge in [0.15, 0.2) is 5.13 Å². The van der Waals surface area contributed by atoms with E-state index in [4.69, 9.17) is 14.2 Å². The molecule has 0 aliphatic rings. The molecule has 0 saturated carbocycles. The molecule has 0 atom stereocenters. The Morgan fingerprint density at radius 2 is 2.00 bits per heavy atom. The van der Waals surface area contributed by atoms with E-state index in [-0.39, 0.29) is 5.91 Å². The number of hydrogen-bond donors (Lipinski definition) is 1. The van der Waals surface area contributed by atoms with E-state index in [1.165, 1.54) is 11.3 Å². The summed E-state index contributed by atoms with van der Waals surface area (Å²) < 4.78 is 17.1. The lowest BCUT2D eigenvalue weighted by Crippen LogP contribution is -2.14. The molecule has 0 bridgehead atoms. The molecular weight excluding hydrogens is 352 g/mol. The molecule has 7 heteroatoms. The lowest BCUT2D eigenvalue weighted by Gasteiger charge is -2.10. The molecule has 0 spiro atoms. The van der Waals surface area contributed by atoms with E-state index in [0.717, 1.165) is 16.0 Å². The van der Waals surface area contributed by atoms with Crippen LogP contribution >= 0.6 is 11.3 Å². The van der Waals surface area contributed by atoms with Crippen LogP contribution in [0.15, 0.2) is 42.5 Å². The number of benzene rings is 2. The van der Waals surface area contributed by atoms with Crippen molar-refractivity contribution in [3.05, 3.63) is 48.0 Å². The SMILES string of the molecule is CCOc1ccc2nc(NC(=O)c3ccccc3OCCOC)sc2c1. The van der Waals surface area contributed by atoms with Crippen LogP contribution in [0.25, 0.3) is 10.2 Å². The van der Waals surface area contributed by atoms with E-state index in [9.17, 15) is 4.79 Å². The first-order chi connectivity index (χ1) is 12.7. The van der Waals surface area contributed by atoms with Gasteiger partial charge in [0.1, 0.15) is 18.1 Å². The first-order valence-electron chi connectivity index (χ1n) is 8.26. The standard InChI is InChI=1S/C19H20N2O4S/c1-3-24-13-8-9-15-17(12-13)26-19(20-15)21-18(22)14-6-4-5-7-16(14)25-11-10-23-2/h4-9,12H,3,10-11H2,1-2H3,(H,20,21,22). The summed E-state index contributed by atoms with van der Waals surface area (Å²) in [5.74, 6) is 1.04. The van der Waals surface area contributed by atoms with E-state index in [0.29, 0.717) is 36.3 Å². The Labute approximate surface area is 155 Å². The maximum absolute atomic E-state index is 12.6. The number of nitrogens with zero attached hydrogens (tertiary/aromatic N) is 1. The van der Waals surface area contributed by atoms with E-state index >= 15 is 0 Å². The fraction of sp³-hybridized carbons (Fsp3) is 0.263. The molecule has 0 unspecified atom stereocenters. The molecule has 0 aliphatic carbocycles. The third-order valence-electron chi connectivity index (χ3n) is 3.57. The minimum absolute atomic E-state index is 0.262. The summed E-state index contributed by atoms with van der Waals surface area (Å²) in [6.07, 6.45) is 0. The molecule has 1 heterocycles. The summed E-state index contributed by atoms with van der Waals surface area (Å²) in [6.45, 7) is 3.38. The molecule has 2 aromatic carbocycles. The normalized spacial score (nSPS) is 10.7. The highest BCUT2D eigenvalue weighted by Gasteiger charge is 2.14. The molecule has 26 heavy (non-hydrogen) atoms. The molecule has 136 valence electrons. The second-order valence-electron chi connectivity index (χ2n) is 5.37. The zero-order chi connectivity index (χ0) is 18.4. The largest absolute Gasteiger partial charge is 0.494 e. The molecule has 0 fully saturated rings. The summed E-state index contributed by atoms with van der Waals surface area (Å²) in [5, 5.41) is 3.38. The molecule has 0 radical (unpaired) electrons. The van der Waals surface area contributed by atoms with Gasteiger partial charge in [-0.15, -0.1) is 0 Å². The fourth-order valence-corrected chi connectivity index (χ4v) is 3.28. The fourth-order valence-electron chi connectivity index (χ4n) is 2.39. The Morgan fingerprint density at radius 1 is 1.15 bits per heavy atom. The van der Waals surface area contributed by atoms with Crippen LogP contribution in [0.1, 0.15) is 17.3 Å². The van der Waals surface area contributed by atoms with Crippen LogP contribution < -0.4 is 14.8 Å². The average Bonchev–Trinajstić information content (AvgIpc) is 3.04. The summed E-state index contributed by atoms with van der Waals surface area (Å²) >= 11 is 1.40. The molecule has 1 aromatic heterocycles. The maximum Gasteiger partial charge on any atom is 0.261 e. The van der Waals surface area contributed by atoms with Gasteiger partial charge in [0.05, 0.1) is 29.0 Å². The van der Waals surface area contributed by atoms with Crippen LogP contribution in [0.3, 0.4) is 0 Å². The number of aromatic nitrogens is 1. The summed E-state index contributed by atoms with van der Waals surface area (Å²) in [7, 11) is 1.60. The van der Waals surface area contributed by atoms with E-state index in [2.05, 4.69) is 10.3 Å². The van der Waals surface area contributed by atoms with Crippen molar-refractivity contribution in [3.63, 3.8) is 0 Å². The van der Waals surface area contributed by atoms with E-state index in [1.807, 2.05) is 31.2 Å². The second-order valence-corrected chi connectivity index (χ2v) is 6.40. The minimum atomic E-state index is -0.262. The van der Waals surface area contributed by atoms with E-state index < -0.39 is 0 Å². The zero-order valence-electron chi connectivity index (χ0n) is 14.7. The number of thiazole rings is 1. The van der Waals surface area contributed by atoms with Crippen LogP contribution in [0.5, 0.6) is 11.5 Å². The van der Waals surface area contributed by atoms with Crippen molar-refractivity contribution in [1.82, 2.24) is 4.98 Å². The Bertz CT molecular complexity index is 894. The van der Waals surface area contributed by atoms with Gasteiger partial charge in [-0.25, -0.2) is 4.98 Å². The van der Waals surface area contributed by atoms with Crippen molar-refractivity contribution in [3.8, 4) is 11.5 Å². The summed E-state index contributed by atoms with van der Waals surface area (Å²) in [4.78, 5) is 17.1. The van der Waals surface area contributed by atoms with Gasteiger partial charge in [0, 0.05) is 7.11 Å². The monoisotopic (exact) mass is 372 g/mol. The Kier molecular flexibility index (Phi) is 6.04. The van der Waals surface area contributed by atoms with Crippen LogP contribution in [0.4, 0.5) is 5.13 Å². The Hall–Kier alpha value is -2.64. The molecule has 3 rings (SSSR count). The third-order valence-corrected chi connectivity index (χ3v) is 4.50. The Balaban J connectivity index is 1.76. The van der Waals surface area contributed by atoms with Crippen LogP contribution in [-0.2, 0) is 4.74 Å². The van der Waals surface area contributed by atoms with Crippen molar-refractivity contribution in [2.45, 2.75) is 6.92 Å². The van der Waals surface area contributed by atoms with Gasteiger partial charge in [-0.3, -0.25) is 10.1 Å². The molecule has 3 aromatic rings. The minimum Gasteiger partial charge on any atom is -0.494 e. The number of para-hydroxylation sites is 1. The van der Waals surface area contributed by atoms with Gasteiger partial charge in [-0.2, -0.15) is 0 Å². The molecule has 0 aliphatic heterocycles. The number of nitrogens with one attached hydrogen (secondary N) is 1.